The molecule has 112 valence electrons. The number of thiophene rings is 1. The summed E-state index contributed by atoms with van der Waals surface area (Å²) < 4.78 is 1.04. The van der Waals surface area contributed by atoms with Crippen molar-refractivity contribution in [3.63, 3.8) is 0 Å². The maximum atomic E-state index is 12.6. The lowest BCUT2D eigenvalue weighted by Crippen LogP contribution is -2.42. The van der Waals surface area contributed by atoms with Crippen LogP contribution in [-0.2, 0) is 4.79 Å². The monoisotopic (exact) mass is 366 g/mol. The zero-order chi connectivity index (χ0) is 15.2. The Hall–Kier alpha value is -0.710. The number of hydrogen-bond donors (Lipinski definition) is 1. The highest BCUT2D eigenvalue weighted by atomic mass is 79.9. The molecule has 0 aliphatic heterocycles. The Morgan fingerprint density at radius 1 is 1.52 bits per heavy atom. The van der Waals surface area contributed by atoms with Gasteiger partial charge in [0.1, 0.15) is 0 Å². The quantitative estimate of drug-likeness (QED) is 0.729. The van der Waals surface area contributed by atoms with Gasteiger partial charge >= 0.3 is 0 Å². The maximum Gasteiger partial charge on any atom is 0.184 e. The summed E-state index contributed by atoms with van der Waals surface area (Å²) in [7, 11) is 0. The lowest BCUT2D eigenvalue weighted by atomic mass is 9.61. The van der Waals surface area contributed by atoms with Crippen LogP contribution in [0.3, 0.4) is 0 Å². The van der Waals surface area contributed by atoms with E-state index in [9.17, 15) is 9.90 Å². The molecule has 1 aromatic rings. The molecule has 1 aromatic heterocycles. The van der Waals surface area contributed by atoms with Gasteiger partial charge in [0.25, 0.3) is 0 Å². The van der Waals surface area contributed by atoms with Crippen molar-refractivity contribution in [2.75, 3.05) is 0 Å². The van der Waals surface area contributed by atoms with E-state index < -0.39 is 0 Å². The SMILES string of the molecule is CC1=C2CCC[C@H](O)[C@@]2(C)CC(=Cc2cc(Br)cs2)C1=O. The minimum absolute atomic E-state index is 0.154. The molecular weight excluding hydrogens is 348 g/mol. The molecule has 1 saturated carbocycles. The molecule has 1 fully saturated rings. The third-order valence-electron chi connectivity index (χ3n) is 4.88. The number of aliphatic hydroxyl groups excluding tert-OH is 1. The number of allylic oxidation sites excluding steroid dienone is 2. The van der Waals surface area contributed by atoms with Gasteiger partial charge < -0.3 is 5.11 Å². The first-order valence-electron chi connectivity index (χ1n) is 7.29. The fourth-order valence-electron chi connectivity index (χ4n) is 3.66. The predicted molar refractivity (Wildman–Crippen MR) is 90.3 cm³/mol. The summed E-state index contributed by atoms with van der Waals surface area (Å²) >= 11 is 5.07. The van der Waals surface area contributed by atoms with E-state index in [1.165, 1.54) is 5.57 Å². The Morgan fingerprint density at radius 2 is 2.29 bits per heavy atom. The van der Waals surface area contributed by atoms with Gasteiger partial charge in [0.2, 0.25) is 0 Å². The van der Waals surface area contributed by atoms with Crippen molar-refractivity contribution < 1.29 is 9.90 Å². The number of fused-ring (bicyclic) bond motifs is 1. The van der Waals surface area contributed by atoms with E-state index >= 15 is 0 Å². The van der Waals surface area contributed by atoms with Crippen LogP contribution in [-0.4, -0.2) is 17.0 Å². The van der Waals surface area contributed by atoms with Crippen LogP contribution < -0.4 is 0 Å². The Labute approximate surface area is 137 Å². The molecule has 1 heterocycles. The highest BCUT2D eigenvalue weighted by Gasteiger charge is 2.45. The number of carbonyl (C=O) groups is 1. The third kappa shape index (κ3) is 2.58. The Morgan fingerprint density at radius 3 is 2.95 bits per heavy atom. The molecule has 0 saturated heterocycles. The van der Waals surface area contributed by atoms with E-state index in [-0.39, 0.29) is 17.3 Å². The lowest BCUT2D eigenvalue weighted by Gasteiger charge is -2.45. The second-order valence-corrected chi connectivity index (χ2v) is 8.13. The number of Topliss-reactive ketones (excluding diaryl/α,β-unsaturated/α-hetero) is 1. The van der Waals surface area contributed by atoms with Gasteiger partial charge in [-0.2, -0.15) is 0 Å². The topological polar surface area (TPSA) is 37.3 Å². The molecule has 2 nitrogen and oxygen atoms in total. The summed E-state index contributed by atoms with van der Waals surface area (Å²) in [5.74, 6) is 0.154. The van der Waals surface area contributed by atoms with Crippen LogP contribution in [0, 0.1) is 5.41 Å². The summed E-state index contributed by atoms with van der Waals surface area (Å²) in [5, 5.41) is 12.5. The highest BCUT2D eigenvalue weighted by Crippen LogP contribution is 2.50. The molecule has 3 rings (SSSR count). The van der Waals surface area contributed by atoms with Crippen LogP contribution in [0.5, 0.6) is 0 Å². The van der Waals surface area contributed by atoms with Crippen LogP contribution in [0.4, 0.5) is 0 Å². The molecular formula is C17H19BrO2S. The summed E-state index contributed by atoms with van der Waals surface area (Å²) in [6.07, 6.45) is 5.05. The van der Waals surface area contributed by atoms with Crippen molar-refractivity contribution in [1.29, 1.82) is 0 Å². The average molecular weight is 367 g/mol. The zero-order valence-electron chi connectivity index (χ0n) is 12.3. The van der Waals surface area contributed by atoms with E-state index in [4.69, 9.17) is 0 Å². The lowest BCUT2D eigenvalue weighted by molar-refractivity contribution is -0.113. The molecule has 4 heteroatoms. The molecule has 0 aromatic carbocycles. The van der Waals surface area contributed by atoms with Crippen LogP contribution in [0.2, 0.25) is 0 Å². The van der Waals surface area contributed by atoms with Crippen molar-refractivity contribution in [2.24, 2.45) is 5.41 Å². The van der Waals surface area contributed by atoms with Gasteiger partial charge in [-0.05, 0) is 66.3 Å². The van der Waals surface area contributed by atoms with Gasteiger partial charge in [-0.1, -0.05) is 12.5 Å². The Bertz CT molecular complexity index is 656. The van der Waals surface area contributed by atoms with Crippen LogP contribution in [0.25, 0.3) is 6.08 Å². The molecule has 2 atom stereocenters. The van der Waals surface area contributed by atoms with E-state index in [1.807, 2.05) is 24.4 Å². The van der Waals surface area contributed by atoms with Gasteiger partial charge in [-0.15, -0.1) is 11.3 Å². The summed E-state index contributed by atoms with van der Waals surface area (Å²) in [4.78, 5) is 13.7. The summed E-state index contributed by atoms with van der Waals surface area (Å²) in [6.45, 7) is 4.03. The van der Waals surface area contributed by atoms with Crippen LogP contribution >= 0.6 is 27.3 Å². The number of aliphatic hydroxyl groups is 1. The first-order valence-corrected chi connectivity index (χ1v) is 8.96. The molecule has 1 N–H and O–H groups in total. The first kappa shape index (κ1) is 15.2. The van der Waals surface area contributed by atoms with Gasteiger partial charge in [-0.25, -0.2) is 0 Å². The van der Waals surface area contributed by atoms with Gasteiger partial charge in [0.05, 0.1) is 6.10 Å². The standard InChI is InChI=1S/C17H19BrO2S/c1-10-14-4-3-5-15(19)17(14,2)8-11(16(10)20)6-13-7-12(18)9-21-13/h6-7,9,15,19H,3-5,8H2,1-2H3/t15-,17-/m0/s1. The Kier molecular flexibility index (Phi) is 3.97. The maximum absolute atomic E-state index is 12.6. The first-order chi connectivity index (χ1) is 9.91. The van der Waals surface area contributed by atoms with E-state index in [0.717, 1.165) is 39.8 Å². The molecule has 0 amide bonds. The van der Waals surface area contributed by atoms with E-state index in [2.05, 4.69) is 22.9 Å². The fraction of sp³-hybridized carbons (Fsp3) is 0.471. The highest BCUT2D eigenvalue weighted by molar-refractivity contribution is 9.10. The second kappa shape index (κ2) is 5.49. The second-order valence-electron chi connectivity index (χ2n) is 6.27. The van der Waals surface area contributed by atoms with Crippen molar-refractivity contribution in [2.45, 2.75) is 45.6 Å². The molecule has 2 aliphatic carbocycles. The Balaban J connectivity index is 2.04. The molecule has 0 unspecified atom stereocenters. The normalized spacial score (nSPS) is 31.7. The number of carbonyl (C=O) groups excluding carboxylic acids is 1. The molecule has 21 heavy (non-hydrogen) atoms. The van der Waals surface area contributed by atoms with Crippen LogP contribution in [0.15, 0.2) is 32.6 Å². The van der Waals surface area contributed by atoms with Crippen molar-refractivity contribution in [1.82, 2.24) is 0 Å². The summed E-state index contributed by atoms with van der Waals surface area (Å²) in [6, 6.07) is 2.03. The molecule has 0 radical (unpaired) electrons. The van der Waals surface area contributed by atoms with E-state index in [0.29, 0.717) is 6.42 Å². The molecule has 0 bridgehead atoms. The van der Waals surface area contributed by atoms with Crippen LogP contribution in [0.1, 0.15) is 44.4 Å². The summed E-state index contributed by atoms with van der Waals surface area (Å²) in [5.41, 5.74) is 2.59. The number of hydrogen-bond acceptors (Lipinski definition) is 3. The van der Waals surface area contributed by atoms with Crippen molar-refractivity contribution in [3.05, 3.63) is 37.5 Å². The number of halogens is 1. The van der Waals surface area contributed by atoms with Crippen molar-refractivity contribution >= 4 is 39.1 Å². The minimum Gasteiger partial charge on any atom is -0.392 e. The third-order valence-corrected chi connectivity index (χ3v) is 6.52. The smallest absolute Gasteiger partial charge is 0.184 e. The fourth-order valence-corrected chi connectivity index (χ4v) is 5.06. The average Bonchev–Trinajstić information content (AvgIpc) is 2.84. The molecule has 0 spiro atoms. The predicted octanol–water partition coefficient (Wildman–Crippen LogP) is 4.73. The van der Waals surface area contributed by atoms with Gasteiger partial charge in [0, 0.05) is 25.7 Å². The number of rotatable bonds is 1. The van der Waals surface area contributed by atoms with Gasteiger partial charge in [0.15, 0.2) is 5.78 Å². The molecule has 2 aliphatic rings. The van der Waals surface area contributed by atoms with Gasteiger partial charge in [-0.3, -0.25) is 4.79 Å². The minimum atomic E-state index is -0.345. The van der Waals surface area contributed by atoms with E-state index in [1.54, 1.807) is 11.3 Å². The number of ketones is 1. The van der Waals surface area contributed by atoms with Crippen molar-refractivity contribution in [3.8, 4) is 0 Å². The zero-order valence-corrected chi connectivity index (χ0v) is 14.7. The largest absolute Gasteiger partial charge is 0.392 e.